The van der Waals surface area contributed by atoms with Crippen LogP contribution in [0, 0.1) is 0 Å². The number of hydrogen-bond donors (Lipinski definition) is 1. The average molecular weight is 374 g/mol. The number of amides is 1. The van der Waals surface area contributed by atoms with Crippen molar-refractivity contribution in [3.05, 3.63) is 64.7 Å². The molecule has 1 aliphatic rings. The van der Waals surface area contributed by atoms with E-state index in [9.17, 15) is 4.79 Å². The van der Waals surface area contributed by atoms with Crippen molar-refractivity contribution in [1.29, 1.82) is 0 Å². The molecule has 138 valence electrons. The Kier molecular flexibility index (Phi) is 6.17. The number of carbonyl (C=O) groups is 1. The third kappa shape index (κ3) is 4.37. The third-order valence-corrected chi connectivity index (χ3v) is 5.28. The van der Waals surface area contributed by atoms with Crippen LogP contribution >= 0.6 is 11.6 Å². The maximum atomic E-state index is 12.5. The van der Waals surface area contributed by atoms with Gasteiger partial charge in [0.15, 0.2) is 0 Å². The lowest BCUT2D eigenvalue weighted by Crippen LogP contribution is -2.45. The first-order valence-corrected chi connectivity index (χ1v) is 9.23. The lowest BCUT2D eigenvalue weighted by atomic mass is 9.73. The largest absolute Gasteiger partial charge is 0.496 e. The van der Waals surface area contributed by atoms with E-state index >= 15 is 0 Å². The number of carbonyl (C=O) groups excluding carboxylic acids is 1. The highest BCUT2D eigenvalue weighted by molar-refractivity contribution is 6.30. The third-order valence-electron chi connectivity index (χ3n) is 5.03. The topological polar surface area (TPSA) is 47.6 Å². The molecule has 1 heterocycles. The van der Waals surface area contributed by atoms with Gasteiger partial charge in [-0.3, -0.25) is 4.79 Å². The van der Waals surface area contributed by atoms with Crippen molar-refractivity contribution in [1.82, 2.24) is 5.32 Å². The molecule has 2 aromatic rings. The fourth-order valence-electron chi connectivity index (χ4n) is 3.50. The van der Waals surface area contributed by atoms with E-state index in [0.717, 1.165) is 29.7 Å². The summed E-state index contributed by atoms with van der Waals surface area (Å²) in [5.74, 6) is 0.870. The fraction of sp³-hybridized carbons (Fsp3) is 0.381. The summed E-state index contributed by atoms with van der Waals surface area (Å²) in [5, 5.41) is 3.80. The van der Waals surface area contributed by atoms with Gasteiger partial charge in [0.1, 0.15) is 5.75 Å². The molecule has 2 aromatic carbocycles. The van der Waals surface area contributed by atoms with E-state index in [4.69, 9.17) is 21.1 Å². The highest BCUT2D eigenvalue weighted by Gasteiger charge is 2.37. The van der Waals surface area contributed by atoms with Gasteiger partial charge >= 0.3 is 0 Å². The molecule has 0 atom stereocenters. The van der Waals surface area contributed by atoms with E-state index in [-0.39, 0.29) is 11.3 Å². The summed E-state index contributed by atoms with van der Waals surface area (Å²) >= 11 is 5.90. The smallest absolute Gasteiger partial charge is 0.224 e. The normalized spacial score (nSPS) is 16.1. The summed E-state index contributed by atoms with van der Waals surface area (Å²) in [6, 6.07) is 15.4. The summed E-state index contributed by atoms with van der Waals surface area (Å²) in [4.78, 5) is 12.5. The van der Waals surface area contributed by atoms with E-state index in [2.05, 4.69) is 11.4 Å². The van der Waals surface area contributed by atoms with Gasteiger partial charge in [0, 0.05) is 35.8 Å². The van der Waals surface area contributed by atoms with Crippen LogP contribution in [0.2, 0.25) is 5.02 Å². The van der Waals surface area contributed by atoms with Crippen molar-refractivity contribution in [3.63, 3.8) is 0 Å². The highest BCUT2D eigenvalue weighted by atomic mass is 35.5. The summed E-state index contributed by atoms with van der Waals surface area (Å²) in [7, 11) is 1.69. The lowest BCUT2D eigenvalue weighted by Gasteiger charge is -2.38. The van der Waals surface area contributed by atoms with E-state index in [1.807, 2.05) is 30.3 Å². The molecular formula is C21H24ClNO3. The molecule has 26 heavy (non-hydrogen) atoms. The van der Waals surface area contributed by atoms with Crippen LogP contribution in [0.5, 0.6) is 5.75 Å². The predicted molar refractivity (Wildman–Crippen MR) is 103 cm³/mol. The van der Waals surface area contributed by atoms with Gasteiger partial charge in [-0.25, -0.2) is 0 Å². The van der Waals surface area contributed by atoms with Crippen LogP contribution in [0.4, 0.5) is 0 Å². The van der Waals surface area contributed by atoms with Crippen molar-refractivity contribution in [3.8, 4) is 5.75 Å². The molecular weight excluding hydrogens is 350 g/mol. The summed E-state index contributed by atoms with van der Waals surface area (Å²) in [5.41, 5.74) is 1.92. The molecule has 1 amide bonds. The Morgan fingerprint density at radius 3 is 2.54 bits per heavy atom. The van der Waals surface area contributed by atoms with Crippen LogP contribution in [-0.2, 0) is 21.4 Å². The van der Waals surface area contributed by atoms with Crippen LogP contribution in [0.25, 0.3) is 0 Å². The standard InChI is InChI=1S/C21H24ClNO3/c1-25-19-5-3-2-4-18(19)21(10-12-26-13-11-21)15-23-20(24)14-16-6-8-17(22)9-7-16/h2-9H,10-15H2,1H3,(H,23,24). The van der Waals surface area contributed by atoms with Gasteiger partial charge in [-0.15, -0.1) is 0 Å². The van der Waals surface area contributed by atoms with Crippen molar-refractivity contribution in [2.24, 2.45) is 0 Å². The SMILES string of the molecule is COc1ccccc1C1(CNC(=O)Cc2ccc(Cl)cc2)CCOCC1. The summed E-state index contributed by atoms with van der Waals surface area (Å²) < 4.78 is 11.1. The van der Waals surface area contributed by atoms with Crippen LogP contribution in [-0.4, -0.2) is 32.8 Å². The number of rotatable bonds is 6. The number of hydrogen-bond acceptors (Lipinski definition) is 3. The minimum atomic E-state index is -0.166. The number of nitrogens with one attached hydrogen (secondary N) is 1. The Labute approximate surface area is 159 Å². The number of benzene rings is 2. The van der Waals surface area contributed by atoms with Gasteiger partial charge in [-0.1, -0.05) is 41.9 Å². The zero-order valence-electron chi connectivity index (χ0n) is 15.0. The fourth-order valence-corrected chi connectivity index (χ4v) is 3.63. The second kappa shape index (κ2) is 8.56. The van der Waals surface area contributed by atoms with Crippen molar-refractivity contribution in [2.75, 3.05) is 26.9 Å². The molecule has 0 spiro atoms. The zero-order chi connectivity index (χ0) is 18.4. The number of ether oxygens (including phenoxy) is 2. The van der Waals surface area contributed by atoms with Crippen molar-refractivity contribution >= 4 is 17.5 Å². The molecule has 4 nitrogen and oxygen atoms in total. The van der Waals surface area contributed by atoms with Crippen molar-refractivity contribution in [2.45, 2.75) is 24.7 Å². The summed E-state index contributed by atoms with van der Waals surface area (Å²) in [6.45, 7) is 1.94. The molecule has 0 saturated carbocycles. The average Bonchev–Trinajstić information content (AvgIpc) is 2.69. The van der Waals surface area contributed by atoms with Crippen LogP contribution in [0.1, 0.15) is 24.0 Å². The van der Waals surface area contributed by atoms with Gasteiger partial charge in [0.2, 0.25) is 5.91 Å². The van der Waals surface area contributed by atoms with Crippen LogP contribution in [0.3, 0.4) is 0 Å². The number of methoxy groups -OCH3 is 1. The molecule has 0 bridgehead atoms. The first-order valence-electron chi connectivity index (χ1n) is 8.85. The quantitative estimate of drug-likeness (QED) is 0.838. The van der Waals surface area contributed by atoms with E-state index in [1.54, 1.807) is 19.2 Å². The van der Waals surface area contributed by atoms with Gasteiger partial charge < -0.3 is 14.8 Å². The Bertz CT molecular complexity index is 739. The Morgan fingerprint density at radius 2 is 1.85 bits per heavy atom. The molecule has 0 aromatic heterocycles. The summed E-state index contributed by atoms with van der Waals surface area (Å²) in [6.07, 6.45) is 2.05. The second-order valence-electron chi connectivity index (χ2n) is 6.67. The van der Waals surface area contributed by atoms with Crippen molar-refractivity contribution < 1.29 is 14.3 Å². The monoisotopic (exact) mass is 373 g/mol. The van der Waals surface area contributed by atoms with Crippen LogP contribution < -0.4 is 10.1 Å². The van der Waals surface area contributed by atoms with E-state index < -0.39 is 0 Å². The Hall–Kier alpha value is -2.04. The zero-order valence-corrected chi connectivity index (χ0v) is 15.7. The first-order chi connectivity index (χ1) is 12.6. The molecule has 0 aliphatic carbocycles. The Balaban J connectivity index is 1.72. The highest BCUT2D eigenvalue weighted by Crippen LogP contribution is 2.39. The molecule has 0 unspecified atom stereocenters. The van der Waals surface area contributed by atoms with E-state index in [0.29, 0.717) is 31.2 Å². The van der Waals surface area contributed by atoms with Crippen LogP contribution in [0.15, 0.2) is 48.5 Å². The predicted octanol–water partition coefficient (Wildman–Crippen LogP) is 3.76. The number of halogens is 1. The molecule has 0 radical (unpaired) electrons. The minimum absolute atomic E-state index is 0.00749. The molecule has 1 N–H and O–H groups in total. The molecule has 3 rings (SSSR count). The minimum Gasteiger partial charge on any atom is -0.496 e. The molecule has 1 fully saturated rings. The van der Waals surface area contributed by atoms with Gasteiger partial charge in [-0.05, 0) is 36.6 Å². The van der Waals surface area contributed by atoms with Gasteiger partial charge in [0.05, 0.1) is 13.5 Å². The Morgan fingerprint density at radius 1 is 1.15 bits per heavy atom. The maximum absolute atomic E-state index is 12.5. The molecule has 1 aliphatic heterocycles. The first kappa shape index (κ1) is 18.7. The lowest BCUT2D eigenvalue weighted by molar-refractivity contribution is -0.121. The van der Waals surface area contributed by atoms with E-state index in [1.165, 1.54) is 0 Å². The maximum Gasteiger partial charge on any atom is 0.224 e. The second-order valence-corrected chi connectivity index (χ2v) is 7.11. The molecule has 5 heteroatoms. The number of para-hydroxylation sites is 1. The molecule has 1 saturated heterocycles. The van der Waals surface area contributed by atoms with Gasteiger partial charge in [0.25, 0.3) is 0 Å². The van der Waals surface area contributed by atoms with Gasteiger partial charge in [-0.2, -0.15) is 0 Å².